The molecule has 0 radical (unpaired) electrons. The van der Waals surface area contributed by atoms with Crippen molar-refractivity contribution >= 4 is 11.7 Å². The van der Waals surface area contributed by atoms with Crippen LogP contribution in [0.15, 0.2) is 18.5 Å². The van der Waals surface area contributed by atoms with E-state index < -0.39 is 23.2 Å². The fourth-order valence-corrected chi connectivity index (χ4v) is 1.68. The smallest absolute Gasteiger partial charge is 0.338 e. The Hall–Kier alpha value is -2.51. The fourth-order valence-electron chi connectivity index (χ4n) is 1.68. The maximum atomic E-state index is 13.6. The Balaban J connectivity index is 1.93. The predicted molar refractivity (Wildman–Crippen MR) is 66.5 cm³/mol. The molecule has 1 aromatic heterocycles. The number of hydrogen-bond donors (Lipinski definition) is 3. The molecule has 0 bridgehead atoms. The van der Waals surface area contributed by atoms with Crippen LogP contribution >= 0.6 is 0 Å². The summed E-state index contributed by atoms with van der Waals surface area (Å²) < 4.78 is 27.0. The number of nitrogens with zero attached hydrogens (tertiary/aromatic N) is 2. The number of aromatic amines is 1. The van der Waals surface area contributed by atoms with Gasteiger partial charge in [-0.2, -0.15) is 5.10 Å². The van der Waals surface area contributed by atoms with Crippen molar-refractivity contribution in [2.24, 2.45) is 0 Å². The number of aromatic carboxylic acids is 1. The number of benzene rings is 1. The molecule has 0 aliphatic rings. The molecule has 3 N–H and O–H groups in total. The first-order valence-corrected chi connectivity index (χ1v) is 5.89. The number of rotatable bonds is 6. The number of hydrogen-bond acceptors (Lipinski definition) is 4. The van der Waals surface area contributed by atoms with Gasteiger partial charge in [-0.05, 0) is 18.6 Å². The molecule has 2 aromatic rings. The lowest BCUT2D eigenvalue weighted by molar-refractivity contribution is 0.0690. The molecule has 0 spiro atoms. The molecule has 0 fully saturated rings. The van der Waals surface area contributed by atoms with Crippen LogP contribution in [0.1, 0.15) is 22.6 Å². The largest absolute Gasteiger partial charge is 0.478 e. The Morgan fingerprint density at radius 2 is 2.15 bits per heavy atom. The van der Waals surface area contributed by atoms with Crippen LogP contribution in [-0.2, 0) is 6.42 Å². The highest BCUT2D eigenvalue weighted by Crippen LogP contribution is 2.20. The average molecular weight is 282 g/mol. The van der Waals surface area contributed by atoms with Crippen molar-refractivity contribution in [3.8, 4) is 0 Å². The van der Waals surface area contributed by atoms with E-state index in [4.69, 9.17) is 5.11 Å². The lowest BCUT2D eigenvalue weighted by atomic mass is 10.1. The summed E-state index contributed by atoms with van der Waals surface area (Å²) >= 11 is 0. The molecule has 2 rings (SSSR count). The summed E-state index contributed by atoms with van der Waals surface area (Å²) in [5.41, 5.74) is -0.750. The van der Waals surface area contributed by atoms with Gasteiger partial charge >= 0.3 is 5.97 Å². The van der Waals surface area contributed by atoms with Crippen molar-refractivity contribution in [3.05, 3.63) is 41.5 Å². The van der Waals surface area contributed by atoms with Crippen LogP contribution in [0, 0.1) is 11.6 Å². The number of carbonyl (C=O) groups is 1. The van der Waals surface area contributed by atoms with E-state index in [1.54, 1.807) is 0 Å². The number of anilines is 1. The molecule has 0 unspecified atom stereocenters. The monoisotopic (exact) mass is 282 g/mol. The summed E-state index contributed by atoms with van der Waals surface area (Å²) in [5, 5.41) is 17.7. The van der Waals surface area contributed by atoms with Crippen molar-refractivity contribution in [3.63, 3.8) is 0 Å². The molecule has 106 valence electrons. The molecule has 0 aliphatic carbocycles. The van der Waals surface area contributed by atoms with E-state index in [-0.39, 0.29) is 5.69 Å². The first-order chi connectivity index (χ1) is 9.59. The van der Waals surface area contributed by atoms with Crippen LogP contribution in [0.25, 0.3) is 0 Å². The molecule has 0 atom stereocenters. The molecule has 0 saturated heterocycles. The highest BCUT2D eigenvalue weighted by atomic mass is 19.2. The molecule has 1 heterocycles. The van der Waals surface area contributed by atoms with Crippen LogP contribution in [-0.4, -0.2) is 32.8 Å². The first kappa shape index (κ1) is 13.9. The summed E-state index contributed by atoms with van der Waals surface area (Å²) in [6.45, 7) is 0.392. The molecule has 0 saturated carbocycles. The highest BCUT2D eigenvalue weighted by Gasteiger charge is 2.17. The number of aryl methyl sites for hydroxylation is 1. The van der Waals surface area contributed by atoms with E-state index in [9.17, 15) is 13.6 Å². The van der Waals surface area contributed by atoms with Gasteiger partial charge in [-0.15, -0.1) is 0 Å². The normalized spacial score (nSPS) is 10.5. The number of aromatic nitrogens is 3. The zero-order valence-corrected chi connectivity index (χ0v) is 10.4. The number of H-pyrrole nitrogens is 1. The Morgan fingerprint density at radius 1 is 1.35 bits per heavy atom. The summed E-state index contributed by atoms with van der Waals surface area (Å²) in [5.74, 6) is -3.35. The number of carboxylic acids is 1. The van der Waals surface area contributed by atoms with Crippen molar-refractivity contribution < 1.29 is 18.7 Å². The van der Waals surface area contributed by atoms with E-state index in [0.717, 1.165) is 6.07 Å². The molecule has 6 nitrogen and oxygen atoms in total. The molecule has 20 heavy (non-hydrogen) atoms. The summed E-state index contributed by atoms with van der Waals surface area (Å²) in [6.07, 6.45) is 2.64. The lowest BCUT2D eigenvalue weighted by Crippen LogP contribution is -2.09. The summed E-state index contributed by atoms with van der Waals surface area (Å²) in [4.78, 5) is 14.6. The maximum Gasteiger partial charge on any atom is 0.338 e. The minimum Gasteiger partial charge on any atom is -0.478 e. The van der Waals surface area contributed by atoms with Gasteiger partial charge in [0, 0.05) is 13.0 Å². The third-order valence-electron chi connectivity index (χ3n) is 2.68. The SMILES string of the molecule is O=C(O)c1ccc(NCCCc2ncn[nH]2)c(F)c1F. The van der Waals surface area contributed by atoms with Crippen LogP contribution in [0.4, 0.5) is 14.5 Å². The lowest BCUT2D eigenvalue weighted by Gasteiger charge is -2.08. The Labute approximate surface area is 112 Å². The number of carboxylic acid groups (broad SMARTS) is 1. The molecule has 8 heteroatoms. The van der Waals surface area contributed by atoms with Gasteiger partial charge in [0.2, 0.25) is 0 Å². The van der Waals surface area contributed by atoms with Crippen LogP contribution in [0.5, 0.6) is 0 Å². The van der Waals surface area contributed by atoms with Crippen LogP contribution < -0.4 is 5.32 Å². The molecule has 0 aliphatic heterocycles. The highest BCUT2D eigenvalue weighted by molar-refractivity contribution is 5.88. The Kier molecular flexibility index (Phi) is 4.24. The standard InChI is InChI=1S/C12H12F2N4O2/c13-10-7(12(19)20)3-4-8(11(10)14)15-5-1-2-9-16-6-17-18-9/h3-4,6,15H,1-2,5H2,(H,19,20)(H,16,17,18). The van der Waals surface area contributed by atoms with E-state index in [1.807, 2.05) is 0 Å². The molecule has 0 amide bonds. The predicted octanol–water partition coefficient (Wildman–Crippen LogP) is 1.83. The fraction of sp³-hybridized carbons (Fsp3) is 0.250. The van der Waals surface area contributed by atoms with E-state index in [2.05, 4.69) is 20.5 Å². The second-order valence-corrected chi connectivity index (χ2v) is 4.06. The third-order valence-corrected chi connectivity index (χ3v) is 2.68. The van der Waals surface area contributed by atoms with Gasteiger partial charge in [-0.25, -0.2) is 18.6 Å². The second-order valence-electron chi connectivity index (χ2n) is 4.06. The first-order valence-electron chi connectivity index (χ1n) is 5.89. The van der Waals surface area contributed by atoms with Crippen molar-refractivity contribution in [1.82, 2.24) is 15.2 Å². The Bertz CT molecular complexity index is 602. The Morgan fingerprint density at radius 3 is 2.80 bits per heavy atom. The van der Waals surface area contributed by atoms with Gasteiger partial charge in [0.05, 0.1) is 11.3 Å². The van der Waals surface area contributed by atoms with E-state index in [0.29, 0.717) is 25.2 Å². The molecular formula is C12H12F2N4O2. The van der Waals surface area contributed by atoms with Crippen LogP contribution in [0.2, 0.25) is 0 Å². The second kappa shape index (κ2) is 6.09. The summed E-state index contributed by atoms with van der Waals surface area (Å²) in [7, 11) is 0. The quantitative estimate of drug-likeness (QED) is 0.703. The van der Waals surface area contributed by atoms with E-state index >= 15 is 0 Å². The van der Waals surface area contributed by atoms with Crippen molar-refractivity contribution in [2.75, 3.05) is 11.9 Å². The minimum atomic E-state index is -1.50. The van der Waals surface area contributed by atoms with Gasteiger partial charge in [-0.1, -0.05) is 0 Å². The van der Waals surface area contributed by atoms with Gasteiger partial charge in [0.1, 0.15) is 12.2 Å². The van der Waals surface area contributed by atoms with Gasteiger partial charge in [0.15, 0.2) is 11.6 Å². The molecule has 1 aromatic carbocycles. The summed E-state index contributed by atoms with van der Waals surface area (Å²) in [6, 6.07) is 2.23. The molecular weight excluding hydrogens is 270 g/mol. The zero-order chi connectivity index (χ0) is 14.5. The number of nitrogens with one attached hydrogen (secondary N) is 2. The van der Waals surface area contributed by atoms with Gasteiger partial charge in [-0.3, -0.25) is 5.10 Å². The average Bonchev–Trinajstić information content (AvgIpc) is 2.92. The van der Waals surface area contributed by atoms with Gasteiger partial charge in [0.25, 0.3) is 0 Å². The van der Waals surface area contributed by atoms with E-state index in [1.165, 1.54) is 12.4 Å². The van der Waals surface area contributed by atoms with Crippen LogP contribution in [0.3, 0.4) is 0 Å². The van der Waals surface area contributed by atoms with Crippen molar-refractivity contribution in [2.45, 2.75) is 12.8 Å². The topological polar surface area (TPSA) is 90.9 Å². The number of halogens is 2. The third kappa shape index (κ3) is 3.08. The minimum absolute atomic E-state index is 0.0648. The zero-order valence-electron chi connectivity index (χ0n) is 10.4. The maximum absolute atomic E-state index is 13.6. The van der Waals surface area contributed by atoms with Gasteiger partial charge < -0.3 is 10.4 Å². The van der Waals surface area contributed by atoms with Crippen molar-refractivity contribution in [1.29, 1.82) is 0 Å².